The van der Waals surface area contributed by atoms with Gasteiger partial charge in [-0.1, -0.05) is 41.1 Å². The van der Waals surface area contributed by atoms with Gasteiger partial charge >= 0.3 is 0 Å². The quantitative estimate of drug-likeness (QED) is 0.793. The highest BCUT2D eigenvalue weighted by Gasteiger charge is 2.21. The molecule has 0 aliphatic carbocycles. The van der Waals surface area contributed by atoms with Crippen LogP contribution in [-0.4, -0.2) is 5.91 Å². The monoisotopic (exact) mass is 316 g/mol. The van der Waals surface area contributed by atoms with E-state index in [1.165, 1.54) is 17.3 Å². The summed E-state index contributed by atoms with van der Waals surface area (Å²) >= 11 is 7.39. The van der Waals surface area contributed by atoms with Crippen molar-refractivity contribution in [1.82, 2.24) is 0 Å². The molecule has 5 heteroatoms. The van der Waals surface area contributed by atoms with Gasteiger partial charge in [0.15, 0.2) is 0 Å². The summed E-state index contributed by atoms with van der Waals surface area (Å²) in [6.07, 6.45) is 1.72. The van der Waals surface area contributed by atoms with Crippen LogP contribution in [0.15, 0.2) is 58.5 Å². The van der Waals surface area contributed by atoms with E-state index in [0.717, 1.165) is 16.3 Å². The molecule has 1 aliphatic rings. The zero-order valence-electron chi connectivity index (χ0n) is 11.3. The van der Waals surface area contributed by atoms with Crippen molar-refractivity contribution in [3.05, 3.63) is 64.2 Å². The topological polar surface area (TPSA) is 41.1 Å². The van der Waals surface area contributed by atoms with Crippen molar-refractivity contribution in [2.24, 2.45) is 0 Å². The molecule has 2 aromatic carbocycles. The minimum atomic E-state index is -0.116. The van der Waals surface area contributed by atoms with Gasteiger partial charge in [0.25, 0.3) is 5.91 Å². The number of carbonyl (C=O) groups is 1. The number of aryl methyl sites for hydroxylation is 1. The Labute approximate surface area is 132 Å². The Kier molecular flexibility index (Phi) is 3.90. The van der Waals surface area contributed by atoms with Crippen LogP contribution in [0.25, 0.3) is 0 Å². The van der Waals surface area contributed by atoms with Gasteiger partial charge in [0.05, 0.1) is 10.6 Å². The molecule has 0 saturated carbocycles. The Balaban J connectivity index is 1.81. The molecule has 3 rings (SSSR count). The van der Waals surface area contributed by atoms with Gasteiger partial charge in [-0.15, -0.1) is 0 Å². The minimum absolute atomic E-state index is 0.116. The molecule has 2 N–H and O–H groups in total. The van der Waals surface area contributed by atoms with E-state index in [9.17, 15) is 4.79 Å². The maximum absolute atomic E-state index is 12.0. The summed E-state index contributed by atoms with van der Waals surface area (Å²) in [4.78, 5) is 13.6. The maximum atomic E-state index is 12.0. The van der Waals surface area contributed by atoms with Crippen LogP contribution in [0.4, 0.5) is 11.4 Å². The molecular weight excluding hydrogens is 304 g/mol. The van der Waals surface area contributed by atoms with Gasteiger partial charge in [-0.3, -0.25) is 4.79 Å². The first-order chi connectivity index (χ1) is 10.1. The normalized spacial score (nSPS) is 15.5. The molecule has 1 heterocycles. The zero-order valence-corrected chi connectivity index (χ0v) is 12.9. The molecule has 106 valence electrons. The lowest BCUT2D eigenvalue weighted by Gasteiger charge is -2.18. The summed E-state index contributed by atoms with van der Waals surface area (Å²) in [7, 11) is 0. The van der Waals surface area contributed by atoms with Crippen molar-refractivity contribution >= 4 is 40.6 Å². The Hall–Kier alpha value is -1.91. The van der Waals surface area contributed by atoms with Crippen molar-refractivity contribution < 1.29 is 4.79 Å². The van der Waals surface area contributed by atoms with Crippen molar-refractivity contribution in [2.75, 3.05) is 10.6 Å². The summed E-state index contributed by atoms with van der Waals surface area (Å²) < 4.78 is 0. The lowest BCUT2D eigenvalue weighted by molar-refractivity contribution is -0.112. The molecule has 0 unspecified atom stereocenters. The molecule has 21 heavy (non-hydrogen) atoms. The zero-order chi connectivity index (χ0) is 14.8. The number of nitrogens with one attached hydrogen (secondary N) is 2. The van der Waals surface area contributed by atoms with Crippen LogP contribution in [0.5, 0.6) is 0 Å². The van der Waals surface area contributed by atoms with E-state index < -0.39 is 0 Å². The highest BCUT2D eigenvalue weighted by Crippen LogP contribution is 2.39. The molecule has 1 aliphatic heterocycles. The van der Waals surface area contributed by atoms with Gasteiger partial charge in [-0.05, 0) is 37.3 Å². The number of rotatable bonds is 2. The first-order valence-electron chi connectivity index (χ1n) is 6.44. The Morgan fingerprint density at radius 2 is 1.95 bits per heavy atom. The molecule has 0 spiro atoms. The molecule has 2 aromatic rings. The van der Waals surface area contributed by atoms with Crippen molar-refractivity contribution in [2.45, 2.75) is 11.8 Å². The van der Waals surface area contributed by atoms with Gasteiger partial charge in [0, 0.05) is 21.8 Å². The number of hydrogen-bond acceptors (Lipinski definition) is 3. The van der Waals surface area contributed by atoms with E-state index in [1.54, 1.807) is 12.3 Å². The minimum Gasteiger partial charge on any atom is -0.360 e. The smallest absolute Gasteiger partial charge is 0.263 e. The number of fused-ring (bicyclic) bond motifs is 1. The number of benzene rings is 2. The van der Waals surface area contributed by atoms with Crippen LogP contribution in [0.1, 0.15) is 5.56 Å². The van der Waals surface area contributed by atoms with E-state index >= 15 is 0 Å². The van der Waals surface area contributed by atoms with Crippen LogP contribution < -0.4 is 10.6 Å². The molecule has 1 amide bonds. The second-order valence-corrected chi connectivity index (χ2v) is 6.24. The first-order valence-corrected chi connectivity index (χ1v) is 7.63. The molecule has 0 atom stereocenters. The van der Waals surface area contributed by atoms with E-state index in [4.69, 9.17) is 11.6 Å². The molecule has 0 fully saturated rings. The number of hydrogen-bond donors (Lipinski definition) is 2. The number of amides is 1. The predicted octanol–water partition coefficient (Wildman–Crippen LogP) is 4.65. The third-order valence-electron chi connectivity index (χ3n) is 3.06. The Morgan fingerprint density at radius 3 is 2.71 bits per heavy atom. The second kappa shape index (κ2) is 5.84. The summed E-state index contributed by atoms with van der Waals surface area (Å²) in [6, 6.07) is 13.4. The third kappa shape index (κ3) is 3.23. The summed E-state index contributed by atoms with van der Waals surface area (Å²) in [5, 5.41) is 6.65. The number of halogens is 1. The second-order valence-electron chi connectivity index (χ2n) is 4.72. The molecule has 3 nitrogen and oxygen atoms in total. The molecule has 0 radical (unpaired) electrons. The highest BCUT2D eigenvalue weighted by atomic mass is 35.5. The van der Waals surface area contributed by atoms with Crippen LogP contribution in [0.3, 0.4) is 0 Å². The van der Waals surface area contributed by atoms with E-state index in [1.807, 2.05) is 43.3 Å². The largest absolute Gasteiger partial charge is 0.360 e. The van der Waals surface area contributed by atoms with Crippen molar-refractivity contribution in [1.29, 1.82) is 0 Å². The number of thioether (sulfide) groups is 1. The summed E-state index contributed by atoms with van der Waals surface area (Å²) in [5.41, 5.74) is 2.93. The van der Waals surface area contributed by atoms with Crippen LogP contribution in [0, 0.1) is 6.92 Å². The van der Waals surface area contributed by atoms with Gasteiger partial charge in [0.1, 0.15) is 0 Å². The third-order valence-corrected chi connectivity index (χ3v) is 4.37. The number of carbonyl (C=O) groups excluding carboxylic acids is 1. The standard InChI is InChI=1S/C16H13ClN2OS/c1-10-2-5-12(6-3-10)18-9-15-16(20)19-13-7-4-11(17)8-14(13)21-15/h2-9,18H,1H3,(H,19,20)/b15-9+. The predicted molar refractivity (Wildman–Crippen MR) is 88.8 cm³/mol. The fourth-order valence-corrected chi connectivity index (χ4v) is 3.08. The van der Waals surface area contributed by atoms with Gasteiger partial charge in [-0.25, -0.2) is 0 Å². The maximum Gasteiger partial charge on any atom is 0.263 e. The van der Waals surface area contributed by atoms with Crippen molar-refractivity contribution in [3.8, 4) is 0 Å². The van der Waals surface area contributed by atoms with E-state index in [0.29, 0.717) is 9.93 Å². The SMILES string of the molecule is Cc1ccc(N/C=C2/Sc3cc(Cl)ccc3NC2=O)cc1. The van der Waals surface area contributed by atoms with Gasteiger partial charge < -0.3 is 10.6 Å². The van der Waals surface area contributed by atoms with Gasteiger partial charge in [-0.2, -0.15) is 0 Å². The lowest BCUT2D eigenvalue weighted by atomic mass is 10.2. The van der Waals surface area contributed by atoms with E-state index in [2.05, 4.69) is 10.6 Å². The van der Waals surface area contributed by atoms with E-state index in [-0.39, 0.29) is 5.91 Å². The fraction of sp³-hybridized carbons (Fsp3) is 0.0625. The first kappa shape index (κ1) is 14.0. The lowest BCUT2D eigenvalue weighted by Crippen LogP contribution is -2.18. The average Bonchev–Trinajstić information content (AvgIpc) is 2.47. The average molecular weight is 317 g/mol. The molecule has 0 aromatic heterocycles. The van der Waals surface area contributed by atoms with Crippen molar-refractivity contribution in [3.63, 3.8) is 0 Å². The summed E-state index contributed by atoms with van der Waals surface area (Å²) in [5.74, 6) is -0.116. The van der Waals surface area contributed by atoms with Crippen LogP contribution in [-0.2, 0) is 4.79 Å². The highest BCUT2D eigenvalue weighted by molar-refractivity contribution is 8.04. The van der Waals surface area contributed by atoms with Crippen LogP contribution in [0.2, 0.25) is 5.02 Å². The fourth-order valence-electron chi connectivity index (χ4n) is 1.93. The number of anilines is 2. The summed E-state index contributed by atoms with van der Waals surface area (Å²) in [6.45, 7) is 2.04. The Morgan fingerprint density at radius 1 is 1.19 bits per heavy atom. The molecule has 0 saturated heterocycles. The van der Waals surface area contributed by atoms with Gasteiger partial charge in [0.2, 0.25) is 0 Å². The van der Waals surface area contributed by atoms with Crippen LogP contribution >= 0.6 is 23.4 Å². The Bertz CT molecular complexity index is 726. The molecule has 0 bridgehead atoms. The molecular formula is C16H13ClN2OS.